The van der Waals surface area contributed by atoms with E-state index < -0.39 is 5.92 Å². The largest absolute Gasteiger partial charge is 0.489 e. The van der Waals surface area contributed by atoms with Crippen LogP contribution < -0.4 is 10.5 Å². The predicted octanol–water partition coefficient (Wildman–Crippen LogP) is 5.96. The summed E-state index contributed by atoms with van der Waals surface area (Å²) in [6.45, 7) is 5.35. The Bertz CT molecular complexity index is 1280. The van der Waals surface area contributed by atoms with Gasteiger partial charge in [0.05, 0.1) is 24.2 Å². The Morgan fingerprint density at radius 1 is 1.17 bits per heavy atom. The lowest BCUT2D eigenvalue weighted by molar-refractivity contribution is -0.118. The van der Waals surface area contributed by atoms with Gasteiger partial charge in [-0.2, -0.15) is 5.26 Å². The first-order valence-electron chi connectivity index (χ1n) is 11.7. The molecule has 0 saturated carbocycles. The molecule has 0 unspecified atom stereocenters. The highest BCUT2D eigenvalue weighted by Crippen LogP contribution is 2.49. The van der Waals surface area contributed by atoms with Crippen molar-refractivity contribution in [2.75, 3.05) is 20.3 Å². The lowest BCUT2D eigenvalue weighted by Crippen LogP contribution is -2.43. The Morgan fingerprint density at radius 2 is 1.89 bits per heavy atom. The van der Waals surface area contributed by atoms with Gasteiger partial charge in [-0.1, -0.05) is 55.2 Å². The molecule has 188 valence electrons. The van der Waals surface area contributed by atoms with Gasteiger partial charge in [0.1, 0.15) is 18.2 Å². The van der Waals surface area contributed by atoms with E-state index in [-0.39, 0.29) is 17.8 Å². The summed E-state index contributed by atoms with van der Waals surface area (Å²) < 4.78 is 11.2. The van der Waals surface area contributed by atoms with Crippen molar-refractivity contribution >= 4 is 29.0 Å². The molecule has 0 aromatic heterocycles. The molecule has 1 atom stereocenters. The topological polar surface area (TPSA) is 88.6 Å². The molecule has 2 N–H and O–H groups in total. The molecule has 4 rings (SSSR count). The van der Waals surface area contributed by atoms with Gasteiger partial charge in [0.15, 0.2) is 5.78 Å². The Hall–Kier alpha value is -2.98. The van der Waals surface area contributed by atoms with Crippen LogP contribution in [0.1, 0.15) is 43.7 Å². The number of halogens is 2. The first kappa shape index (κ1) is 26.1. The first-order valence-corrected chi connectivity index (χ1v) is 12.5. The highest BCUT2D eigenvalue weighted by atomic mass is 35.5. The number of nitriles is 1. The number of ether oxygens (including phenoxy) is 2. The van der Waals surface area contributed by atoms with E-state index in [0.29, 0.717) is 58.8 Å². The zero-order chi connectivity index (χ0) is 26.0. The van der Waals surface area contributed by atoms with E-state index in [4.69, 9.17) is 38.4 Å². The van der Waals surface area contributed by atoms with Crippen LogP contribution in [0.4, 0.5) is 0 Å². The van der Waals surface area contributed by atoms with Crippen molar-refractivity contribution in [3.63, 3.8) is 0 Å². The van der Waals surface area contributed by atoms with Gasteiger partial charge in [-0.15, -0.1) is 0 Å². The number of Topliss-reactive ketones (excluding diaryl/α,β-unsaturated/α-hetero) is 1. The van der Waals surface area contributed by atoms with E-state index in [1.54, 1.807) is 19.2 Å². The summed E-state index contributed by atoms with van der Waals surface area (Å²) in [7, 11) is 1.62. The molecule has 8 heteroatoms. The molecule has 1 aliphatic heterocycles. The summed E-state index contributed by atoms with van der Waals surface area (Å²) in [6.07, 6.45) is 1.11. The number of hydrogen-bond acceptors (Lipinski definition) is 6. The standard InChI is InChI=1S/C28H29Cl2N3O3/c1-28(2)13-23-26(24(34)14-28)25(21(15-31)27(32)33(23)10-11-35-3)17-5-8-20(9-6-17)36-16-18-4-7-19(29)12-22(18)30/h4-9,12,25H,10-11,13-14,16,32H2,1-3H3/t25-/m0/s1. The number of methoxy groups -OCH3 is 1. The van der Waals surface area contributed by atoms with Crippen molar-refractivity contribution in [1.29, 1.82) is 5.26 Å². The second-order valence-electron chi connectivity index (χ2n) is 9.88. The third kappa shape index (κ3) is 5.24. The van der Waals surface area contributed by atoms with E-state index in [2.05, 4.69) is 19.9 Å². The van der Waals surface area contributed by atoms with Gasteiger partial charge in [0.2, 0.25) is 0 Å². The normalized spacial score (nSPS) is 19.3. The van der Waals surface area contributed by atoms with Crippen molar-refractivity contribution in [2.45, 2.75) is 39.2 Å². The van der Waals surface area contributed by atoms with E-state index in [9.17, 15) is 10.1 Å². The minimum absolute atomic E-state index is 0.0478. The number of allylic oxidation sites excluding steroid dienone is 3. The first-order chi connectivity index (χ1) is 17.1. The molecule has 2 aromatic rings. The molecule has 0 radical (unpaired) electrons. The number of carbonyl (C=O) groups is 1. The molecule has 6 nitrogen and oxygen atoms in total. The lowest BCUT2D eigenvalue weighted by atomic mass is 9.68. The second-order valence-corrected chi connectivity index (χ2v) is 10.7. The number of nitrogens with two attached hydrogens (primary N) is 1. The van der Waals surface area contributed by atoms with E-state index in [0.717, 1.165) is 16.8 Å². The fourth-order valence-electron chi connectivity index (χ4n) is 4.90. The maximum absolute atomic E-state index is 13.5. The average Bonchev–Trinajstić information content (AvgIpc) is 2.82. The van der Waals surface area contributed by atoms with Gasteiger partial charge in [-0.3, -0.25) is 4.79 Å². The van der Waals surface area contributed by atoms with E-state index >= 15 is 0 Å². The van der Waals surface area contributed by atoms with Crippen LogP contribution in [0.15, 0.2) is 65.1 Å². The molecule has 0 amide bonds. The van der Waals surface area contributed by atoms with Crippen LogP contribution in [0.2, 0.25) is 10.0 Å². The summed E-state index contributed by atoms with van der Waals surface area (Å²) in [5.41, 5.74) is 9.89. The number of carbonyl (C=O) groups excluding carboxylic acids is 1. The van der Waals surface area contributed by atoms with Gasteiger partial charge in [-0.05, 0) is 41.7 Å². The third-order valence-corrected chi connectivity index (χ3v) is 7.22. The molecule has 0 fully saturated rings. The van der Waals surface area contributed by atoms with Gasteiger partial charge in [0.25, 0.3) is 0 Å². The van der Waals surface area contributed by atoms with E-state index in [1.807, 2.05) is 35.2 Å². The molecule has 1 heterocycles. The minimum atomic E-state index is -0.521. The predicted molar refractivity (Wildman–Crippen MR) is 140 cm³/mol. The zero-order valence-electron chi connectivity index (χ0n) is 20.6. The zero-order valence-corrected chi connectivity index (χ0v) is 22.1. The number of rotatable bonds is 7. The van der Waals surface area contributed by atoms with Crippen molar-refractivity contribution in [2.24, 2.45) is 11.1 Å². The summed E-state index contributed by atoms with van der Waals surface area (Å²) in [6, 6.07) is 15.0. The van der Waals surface area contributed by atoms with Crippen molar-refractivity contribution < 1.29 is 14.3 Å². The van der Waals surface area contributed by atoms with E-state index in [1.165, 1.54) is 0 Å². The molecule has 0 bridgehead atoms. The maximum Gasteiger partial charge on any atom is 0.162 e. The Labute approximate surface area is 221 Å². The number of hydrogen-bond donors (Lipinski definition) is 1. The van der Waals surface area contributed by atoms with Gasteiger partial charge in [0, 0.05) is 47.0 Å². The lowest BCUT2D eigenvalue weighted by Gasteiger charge is -2.43. The van der Waals surface area contributed by atoms with Crippen LogP contribution in [-0.4, -0.2) is 30.9 Å². The molecule has 2 aliphatic rings. The highest BCUT2D eigenvalue weighted by Gasteiger charge is 2.44. The van der Waals surface area contributed by atoms with Crippen LogP contribution in [0.3, 0.4) is 0 Å². The number of nitrogens with zero attached hydrogens (tertiary/aromatic N) is 2. The molecule has 2 aromatic carbocycles. The summed E-state index contributed by atoms with van der Waals surface area (Å²) >= 11 is 12.2. The van der Waals surface area contributed by atoms with Crippen LogP contribution in [0.5, 0.6) is 5.75 Å². The van der Waals surface area contributed by atoms with Crippen LogP contribution in [-0.2, 0) is 16.1 Å². The average molecular weight is 526 g/mol. The van der Waals surface area contributed by atoms with Crippen molar-refractivity contribution in [1.82, 2.24) is 4.90 Å². The molecule has 0 saturated heterocycles. The monoisotopic (exact) mass is 525 g/mol. The molecular formula is C28H29Cl2N3O3. The van der Waals surface area contributed by atoms with Crippen molar-refractivity contribution in [3.05, 3.63) is 86.3 Å². The molecular weight excluding hydrogens is 497 g/mol. The Balaban J connectivity index is 1.67. The second kappa shape index (κ2) is 10.6. The quantitative estimate of drug-likeness (QED) is 0.479. The Morgan fingerprint density at radius 3 is 2.53 bits per heavy atom. The molecule has 0 spiro atoms. The molecule has 1 aliphatic carbocycles. The Kier molecular flexibility index (Phi) is 7.65. The molecule has 36 heavy (non-hydrogen) atoms. The highest BCUT2D eigenvalue weighted by molar-refractivity contribution is 6.35. The van der Waals surface area contributed by atoms with Crippen LogP contribution >= 0.6 is 23.2 Å². The van der Waals surface area contributed by atoms with Gasteiger partial charge >= 0.3 is 0 Å². The number of benzene rings is 2. The fourth-order valence-corrected chi connectivity index (χ4v) is 5.37. The minimum Gasteiger partial charge on any atom is -0.489 e. The van der Waals surface area contributed by atoms with Crippen LogP contribution in [0, 0.1) is 16.7 Å². The van der Waals surface area contributed by atoms with Crippen LogP contribution in [0.25, 0.3) is 0 Å². The smallest absolute Gasteiger partial charge is 0.162 e. The summed E-state index contributed by atoms with van der Waals surface area (Å²) in [4.78, 5) is 15.4. The SMILES string of the molecule is COCCN1C(N)=C(C#N)[C@H](c2ccc(OCc3ccc(Cl)cc3Cl)cc2)C2=C1CC(C)(C)CC2=O. The van der Waals surface area contributed by atoms with Gasteiger partial charge in [-0.25, -0.2) is 0 Å². The maximum atomic E-state index is 13.5. The summed E-state index contributed by atoms with van der Waals surface area (Å²) in [5.74, 6) is 0.545. The summed E-state index contributed by atoms with van der Waals surface area (Å²) in [5, 5.41) is 11.2. The van der Waals surface area contributed by atoms with Gasteiger partial charge < -0.3 is 20.1 Å². The fraction of sp³-hybridized carbons (Fsp3) is 0.357. The van der Waals surface area contributed by atoms with Crippen molar-refractivity contribution in [3.8, 4) is 11.8 Å². The number of ketones is 1. The third-order valence-electron chi connectivity index (χ3n) is 6.63.